The van der Waals surface area contributed by atoms with Gasteiger partial charge in [0, 0.05) is 16.8 Å². The van der Waals surface area contributed by atoms with Gasteiger partial charge in [-0.2, -0.15) is 0 Å². The zero-order valence-electron chi connectivity index (χ0n) is 11.7. The van der Waals surface area contributed by atoms with Gasteiger partial charge in [-0.3, -0.25) is 0 Å². The van der Waals surface area contributed by atoms with Crippen LogP contribution in [0.2, 0.25) is 0 Å². The molecular weight excluding hydrogens is 305 g/mol. The van der Waals surface area contributed by atoms with Gasteiger partial charge in [-0.15, -0.1) is 23.1 Å². The summed E-state index contributed by atoms with van der Waals surface area (Å²) in [6, 6.07) is 8.84. The van der Waals surface area contributed by atoms with Crippen molar-refractivity contribution in [2.45, 2.75) is 17.6 Å². The molecule has 3 nitrogen and oxygen atoms in total. The first-order valence-corrected chi connectivity index (χ1v) is 8.29. The first-order chi connectivity index (χ1) is 10.2. The van der Waals surface area contributed by atoms with Crippen LogP contribution in [0.5, 0.6) is 0 Å². The highest BCUT2D eigenvalue weighted by Gasteiger charge is 2.10. The number of nitrogens with zero attached hydrogens (tertiary/aromatic N) is 2. The number of fused-ring (bicyclic) bond motifs is 1. The van der Waals surface area contributed by atoms with Crippen LogP contribution in [0.4, 0.5) is 10.2 Å². The van der Waals surface area contributed by atoms with E-state index < -0.39 is 0 Å². The molecule has 0 saturated carbocycles. The van der Waals surface area contributed by atoms with E-state index in [0.29, 0.717) is 16.5 Å². The Kier molecular flexibility index (Phi) is 4.07. The van der Waals surface area contributed by atoms with E-state index in [9.17, 15) is 4.39 Å². The maximum Gasteiger partial charge on any atom is 0.142 e. The molecule has 2 heterocycles. The maximum absolute atomic E-state index is 13.6. The predicted molar refractivity (Wildman–Crippen MR) is 87.7 cm³/mol. The second-order valence-corrected chi connectivity index (χ2v) is 6.79. The van der Waals surface area contributed by atoms with Gasteiger partial charge in [0.15, 0.2) is 0 Å². The Morgan fingerprint density at radius 3 is 2.86 bits per heavy atom. The fraction of sp³-hybridized carbons (Fsp3) is 0.200. The summed E-state index contributed by atoms with van der Waals surface area (Å²) in [6.45, 7) is 2.06. The monoisotopic (exact) mass is 319 g/mol. The van der Waals surface area contributed by atoms with Crippen LogP contribution in [0.15, 0.2) is 35.2 Å². The lowest BCUT2D eigenvalue weighted by Crippen LogP contribution is -1.99. The average molecular weight is 319 g/mol. The van der Waals surface area contributed by atoms with E-state index >= 15 is 0 Å². The third-order valence-electron chi connectivity index (χ3n) is 2.99. The van der Waals surface area contributed by atoms with Crippen molar-refractivity contribution in [1.29, 1.82) is 0 Å². The standard InChI is InChI=1S/C15H14FN3S2/c1-9-7-10-14(17-2)18-13(19-15(10)21-9)8-20-12-6-4-3-5-11(12)16/h3-7H,8H2,1-2H3,(H,17,18,19). The zero-order valence-corrected chi connectivity index (χ0v) is 13.3. The van der Waals surface area contributed by atoms with Gasteiger partial charge in [0.25, 0.3) is 0 Å². The van der Waals surface area contributed by atoms with Crippen molar-refractivity contribution < 1.29 is 4.39 Å². The molecule has 0 amide bonds. The van der Waals surface area contributed by atoms with Crippen molar-refractivity contribution in [1.82, 2.24) is 9.97 Å². The highest BCUT2D eigenvalue weighted by atomic mass is 32.2. The lowest BCUT2D eigenvalue weighted by Gasteiger charge is -2.06. The molecule has 2 aromatic heterocycles. The molecule has 0 fully saturated rings. The lowest BCUT2D eigenvalue weighted by atomic mass is 10.3. The molecule has 1 aromatic carbocycles. The molecule has 6 heteroatoms. The maximum atomic E-state index is 13.6. The zero-order chi connectivity index (χ0) is 14.8. The van der Waals surface area contributed by atoms with Gasteiger partial charge in [-0.1, -0.05) is 12.1 Å². The van der Waals surface area contributed by atoms with Gasteiger partial charge in [-0.05, 0) is 25.1 Å². The largest absolute Gasteiger partial charge is 0.372 e. The summed E-state index contributed by atoms with van der Waals surface area (Å²) < 4.78 is 13.6. The van der Waals surface area contributed by atoms with Gasteiger partial charge >= 0.3 is 0 Å². The van der Waals surface area contributed by atoms with Crippen LogP contribution in [-0.4, -0.2) is 17.0 Å². The van der Waals surface area contributed by atoms with E-state index in [1.165, 1.54) is 22.7 Å². The SMILES string of the molecule is CNc1nc(CSc2ccccc2F)nc2sc(C)cc12. The number of anilines is 1. The molecule has 0 bridgehead atoms. The summed E-state index contributed by atoms with van der Waals surface area (Å²) in [5, 5.41) is 4.15. The number of hydrogen-bond acceptors (Lipinski definition) is 5. The Labute approximate surface area is 130 Å². The average Bonchev–Trinajstić information content (AvgIpc) is 2.85. The molecule has 21 heavy (non-hydrogen) atoms. The van der Waals surface area contributed by atoms with E-state index in [1.807, 2.05) is 13.1 Å². The summed E-state index contributed by atoms with van der Waals surface area (Å²) in [6.07, 6.45) is 0. The Bertz CT molecular complexity index is 786. The topological polar surface area (TPSA) is 37.8 Å². The summed E-state index contributed by atoms with van der Waals surface area (Å²) in [4.78, 5) is 11.9. The Morgan fingerprint density at radius 1 is 1.29 bits per heavy atom. The molecule has 0 aliphatic heterocycles. The van der Waals surface area contributed by atoms with Crippen LogP contribution in [0.3, 0.4) is 0 Å². The molecule has 0 saturated heterocycles. The lowest BCUT2D eigenvalue weighted by molar-refractivity contribution is 0.602. The molecule has 0 aliphatic carbocycles. The van der Waals surface area contributed by atoms with Gasteiger partial charge in [0.05, 0.1) is 11.1 Å². The first-order valence-electron chi connectivity index (χ1n) is 6.49. The van der Waals surface area contributed by atoms with Crippen molar-refractivity contribution in [3.8, 4) is 0 Å². The predicted octanol–water partition coefficient (Wildman–Crippen LogP) is 4.47. The molecule has 108 valence electrons. The molecule has 3 rings (SSSR count). The smallest absolute Gasteiger partial charge is 0.142 e. The second kappa shape index (κ2) is 5.99. The minimum atomic E-state index is -0.204. The van der Waals surface area contributed by atoms with Crippen molar-refractivity contribution in [3.63, 3.8) is 0 Å². The number of benzene rings is 1. The molecule has 0 spiro atoms. The van der Waals surface area contributed by atoms with Gasteiger partial charge in [0.2, 0.25) is 0 Å². The number of thioether (sulfide) groups is 1. The van der Waals surface area contributed by atoms with Crippen LogP contribution in [0.1, 0.15) is 10.7 Å². The highest BCUT2D eigenvalue weighted by molar-refractivity contribution is 7.98. The van der Waals surface area contributed by atoms with Crippen molar-refractivity contribution >= 4 is 39.1 Å². The quantitative estimate of drug-likeness (QED) is 0.720. The number of hydrogen-bond donors (Lipinski definition) is 1. The van der Waals surface area contributed by atoms with Crippen LogP contribution in [0, 0.1) is 12.7 Å². The Balaban J connectivity index is 1.89. The molecule has 0 aliphatic rings. The van der Waals surface area contributed by atoms with E-state index in [1.54, 1.807) is 23.5 Å². The van der Waals surface area contributed by atoms with Crippen LogP contribution < -0.4 is 5.32 Å². The van der Waals surface area contributed by atoms with Crippen molar-refractivity contribution in [2.75, 3.05) is 12.4 Å². The fourth-order valence-corrected chi connectivity index (χ4v) is 3.74. The van der Waals surface area contributed by atoms with Gasteiger partial charge in [-0.25, -0.2) is 14.4 Å². The third-order valence-corrected chi connectivity index (χ3v) is 4.98. The summed E-state index contributed by atoms with van der Waals surface area (Å²) in [5.74, 6) is 1.88. The van der Waals surface area contributed by atoms with E-state index in [4.69, 9.17) is 0 Å². The van der Waals surface area contributed by atoms with E-state index in [0.717, 1.165) is 16.0 Å². The number of thiophene rings is 1. The second-order valence-electron chi connectivity index (χ2n) is 4.53. The molecule has 0 radical (unpaired) electrons. The number of nitrogens with one attached hydrogen (secondary N) is 1. The van der Waals surface area contributed by atoms with Crippen LogP contribution >= 0.6 is 23.1 Å². The third kappa shape index (κ3) is 3.01. The number of halogens is 1. The molecule has 0 atom stereocenters. The minimum absolute atomic E-state index is 0.204. The fourth-order valence-electron chi connectivity index (χ4n) is 2.05. The van der Waals surface area contributed by atoms with Crippen molar-refractivity contribution in [2.24, 2.45) is 0 Å². The minimum Gasteiger partial charge on any atom is -0.372 e. The molecule has 0 unspecified atom stereocenters. The highest BCUT2D eigenvalue weighted by Crippen LogP contribution is 2.30. The summed E-state index contributed by atoms with van der Waals surface area (Å²) in [5.41, 5.74) is 0. The van der Waals surface area contributed by atoms with Crippen molar-refractivity contribution in [3.05, 3.63) is 46.9 Å². The normalized spacial score (nSPS) is 11.0. The molecule has 3 aromatic rings. The summed E-state index contributed by atoms with van der Waals surface area (Å²) >= 11 is 3.06. The van der Waals surface area contributed by atoms with Gasteiger partial charge in [0.1, 0.15) is 22.3 Å². The van der Waals surface area contributed by atoms with Crippen LogP contribution in [0.25, 0.3) is 10.2 Å². The van der Waals surface area contributed by atoms with E-state index in [-0.39, 0.29) is 5.82 Å². The van der Waals surface area contributed by atoms with Crippen LogP contribution in [-0.2, 0) is 5.75 Å². The molecule has 1 N–H and O–H groups in total. The van der Waals surface area contributed by atoms with E-state index in [2.05, 4.69) is 28.3 Å². The molecular formula is C15H14FN3S2. The number of aryl methyl sites for hydroxylation is 1. The first kappa shape index (κ1) is 14.3. The number of rotatable bonds is 4. The Hall–Kier alpha value is -1.66. The Morgan fingerprint density at radius 2 is 2.10 bits per heavy atom. The van der Waals surface area contributed by atoms with Gasteiger partial charge < -0.3 is 5.32 Å². The summed E-state index contributed by atoms with van der Waals surface area (Å²) in [7, 11) is 1.85. The number of aromatic nitrogens is 2.